The molecule has 0 aliphatic rings. The second-order valence-corrected chi connectivity index (χ2v) is 16.2. The summed E-state index contributed by atoms with van der Waals surface area (Å²) in [7, 11) is 0. The molecule has 0 fully saturated rings. The van der Waals surface area contributed by atoms with Crippen molar-refractivity contribution < 1.29 is 0 Å². The minimum atomic E-state index is 1.10. The average molecular weight is 819 g/mol. The van der Waals surface area contributed by atoms with E-state index in [1.54, 1.807) is 0 Å². The lowest BCUT2D eigenvalue weighted by molar-refractivity contribution is 1.17. The largest absolute Gasteiger partial charge is 0.311 e. The van der Waals surface area contributed by atoms with Gasteiger partial charge in [0.2, 0.25) is 0 Å². The van der Waals surface area contributed by atoms with E-state index in [9.17, 15) is 0 Å². The lowest BCUT2D eigenvalue weighted by Gasteiger charge is -2.25. The van der Waals surface area contributed by atoms with Crippen LogP contribution in [0.4, 0.5) is 34.1 Å². The van der Waals surface area contributed by atoms with Gasteiger partial charge in [0.15, 0.2) is 0 Å². The van der Waals surface area contributed by atoms with E-state index in [1.807, 2.05) is 0 Å². The highest BCUT2D eigenvalue weighted by Crippen LogP contribution is 2.45. The molecule has 4 heteroatoms. The van der Waals surface area contributed by atoms with Crippen LogP contribution in [0.5, 0.6) is 0 Å². The quantitative estimate of drug-likeness (QED) is 0.144. The number of hydrogen-bond donors (Lipinski definition) is 0. The van der Waals surface area contributed by atoms with Crippen molar-refractivity contribution in [2.45, 2.75) is 0 Å². The molecule has 4 nitrogen and oxygen atoms in total. The molecule has 12 rings (SSSR count). The van der Waals surface area contributed by atoms with Crippen molar-refractivity contribution in [3.8, 4) is 22.5 Å². The molecule has 12 aromatic rings. The maximum absolute atomic E-state index is 2.46. The molecule has 0 N–H and O–H groups in total. The van der Waals surface area contributed by atoms with Gasteiger partial charge in [0.1, 0.15) is 0 Å². The fourth-order valence-electron chi connectivity index (χ4n) is 9.62. The Morgan fingerprint density at radius 3 is 1.22 bits per heavy atom. The number of para-hydroxylation sites is 6. The highest BCUT2D eigenvalue weighted by Gasteiger charge is 2.23. The Labute approximate surface area is 372 Å². The Hall–Kier alpha value is -8.60. The van der Waals surface area contributed by atoms with Crippen LogP contribution in [0.1, 0.15) is 0 Å². The van der Waals surface area contributed by atoms with Crippen molar-refractivity contribution >= 4 is 77.7 Å². The van der Waals surface area contributed by atoms with Gasteiger partial charge in [0, 0.05) is 67.0 Å². The number of rotatable bonds is 9. The summed E-state index contributed by atoms with van der Waals surface area (Å²) in [5, 5.41) is 4.88. The van der Waals surface area contributed by atoms with E-state index in [2.05, 4.69) is 274 Å². The zero-order valence-corrected chi connectivity index (χ0v) is 35.0. The van der Waals surface area contributed by atoms with E-state index < -0.39 is 0 Å². The molecule has 0 aliphatic heterocycles. The van der Waals surface area contributed by atoms with Crippen LogP contribution in [0.15, 0.2) is 255 Å². The minimum absolute atomic E-state index is 1.10. The van der Waals surface area contributed by atoms with Crippen molar-refractivity contribution in [3.63, 3.8) is 0 Å². The lowest BCUT2D eigenvalue weighted by atomic mass is 10.0. The first kappa shape index (κ1) is 37.2. The number of anilines is 6. The highest BCUT2D eigenvalue weighted by molar-refractivity contribution is 6.26. The van der Waals surface area contributed by atoms with Crippen LogP contribution in [0, 0.1) is 0 Å². The summed E-state index contributed by atoms with van der Waals surface area (Å²) in [5.74, 6) is 0. The third-order valence-electron chi connectivity index (χ3n) is 12.5. The summed E-state index contributed by atoms with van der Waals surface area (Å²) < 4.78 is 4.90. The third kappa shape index (κ3) is 6.31. The number of aromatic nitrogens is 2. The van der Waals surface area contributed by atoms with Crippen LogP contribution < -0.4 is 9.80 Å². The van der Waals surface area contributed by atoms with E-state index >= 15 is 0 Å². The molecular weight excluding hydrogens is 777 g/mol. The van der Waals surface area contributed by atoms with Gasteiger partial charge in [0.05, 0.1) is 22.1 Å². The van der Waals surface area contributed by atoms with E-state index in [4.69, 9.17) is 0 Å². The van der Waals surface area contributed by atoms with E-state index in [0.29, 0.717) is 0 Å². The fourth-order valence-corrected chi connectivity index (χ4v) is 9.62. The Bertz CT molecular complexity index is 3480. The predicted molar refractivity (Wildman–Crippen MR) is 270 cm³/mol. The second kappa shape index (κ2) is 15.7. The molecule has 0 amide bonds. The lowest BCUT2D eigenvalue weighted by Crippen LogP contribution is -2.09. The van der Waals surface area contributed by atoms with Gasteiger partial charge >= 0.3 is 0 Å². The maximum Gasteiger partial charge on any atom is 0.0641 e. The molecule has 0 spiro atoms. The summed E-state index contributed by atoms with van der Waals surface area (Å²) in [5.41, 5.74) is 15.9. The van der Waals surface area contributed by atoms with Crippen molar-refractivity contribution in [2.75, 3.05) is 9.80 Å². The zero-order valence-electron chi connectivity index (χ0n) is 35.0. The monoisotopic (exact) mass is 818 g/mol. The van der Waals surface area contributed by atoms with Gasteiger partial charge in [-0.25, -0.2) is 0 Å². The van der Waals surface area contributed by atoms with Crippen molar-refractivity contribution in [3.05, 3.63) is 255 Å². The van der Waals surface area contributed by atoms with Gasteiger partial charge in [-0.2, -0.15) is 0 Å². The summed E-state index contributed by atoms with van der Waals surface area (Å²) >= 11 is 0. The molecule has 10 aromatic carbocycles. The zero-order chi connectivity index (χ0) is 42.4. The number of nitrogens with zero attached hydrogens (tertiary/aromatic N) is 4. The van der Waals surface area contributed by atoms with Crippen molar-refractivity contribution in [1.29, 1.82) is 0 Å². The first-order valence-corrected chi connectivity index (χ1v) is 21.9. The Balaban J connectivity index is 1.04. The molecule has 0 atom stereocenters. The van der Waals surface area contributed by atoms with Crippen LogP contribution >= 0.6 is 0 Å². The minimum Gasteiger partial charge on any atom is -0.311 e. The molecule has 0 saturated carbocycles. The van der Waals surface area contributed by atoms with Gasteiger partial charge in [-0.05, 0) is 126 Å². The molecule has 0 aliphatic carbocycles. The van der Waals surface area contributed by atoms with Crippen molar-refractivity contribution in [2.24, 2.45) is 0 Å². The van der Waals surface area contributed by atoms with Crippen LogP contribution in [-0.2, 0) is 0 Å². The van der Waals surface area contributed by atoms with Crippen LogP contribution in [0.25, 0.3) is 66.1 Å². The van der Waals surface area contributed by atoms with Crippen LogP contribution in [0.3, 0.4) is 0 Å². The topological polar surface area (TPSA) is 16.3 Å². The molecule has 0 radical (unpaired) electrons. The summed E-state index contributed by atoms with van der Waals surface area (Å²) in [6.45, 7) is 0. The molecule has 0 unspecified atom stereocenters. The van der Waals surface area contributed by atoms with Gasteiger partial charge in [-0.15, -0.1) is 0 Å². The van der Waals surface area contributed by atoms with Gasteiger partial charge < -0.3 is 18.9 Å². The van der Waals surface area contributed by atoms with E-state index in [0.717, 1.165) is 62.1 Å². The molecule has 2 aromatic heterocycles. The third-order valence-corrected chi connectivity index (χ3v) is 12.5. The first-order valence-electron chi connectivity index (χ1n) is 21.9. The van der Waals surface area contributed by atoms with Crippen LogP contribution in [0.2, 0.25) is 0 Å². The van der Waals surface area contributed by atoms with Crippen LogP contribution in [-0.4, -0.2) is 9.13 Å². The summed E-state index contributed by atoms with van der Waals surface area (Å²) in [4.78, 5) is 4.65. The average Bonchev–Trinajstić information content (AvgIpc) is 3.89. The molecule has 0 saturated heterocycles. The van der Waals surface area contributed by atoms with E-state index in [1.165, 1.54) is 38.1 Å². The molecule has 0 bridgehead atoms. The standard InChI is InChI=1S/C60H42N4/c1-6-18-45(19-7-1)61(46-20-8-2-9-21-46)50-34-30-43(31-35-50)44-32-36-51(37-33-44)63-57-40-38-52(62(47-22-10-3-11-23-47)48-24-12-4-13-25-48)42-55(57)59-58(63)41-39-54-53-28-16-17-29-56(53)64(60(54)59)49-26-14-5-15-27-49/h1-42H. The number of hydrogen-bond acceptors (Lipinski definition) is 2. The maximum atomic E-state index is 2.46. The SMILES string of the molecule is c1ccc(N(c2ccccc2)c2ccc(-c3ccc(-n4c5ccc(N(c6ccccc6)c6ccccc6)cc5c5c4ccc4c6ccccc6n(-c6ccccc6)c45)cc3)cc2)cc1. The van der Waals surface area contributed by atoms with E-state index in [-0.39, 0.29) is 0 Å². The van der Waals surface area contributed by atoms with Gasteiger partial charge in [-0.3, -0.25) is 0 Å². The fraction of sp³-hybridized carbons (Fsp3) is 0. The van der Waals surface area contributed by atoms with Crippen molar-refractivity contribution in [1.82, 2.24) is 9.13 Å². The van der Waals surface area contributed by atoms with Gasteiger partial charge in [0.25, 0.3) is 0 Å². The smallest absolute Gasteiger partial charge is 0.0641 e. The second-order valence-electron chi connectivity index (χ2n) is 16.2. The Kier molecular flexibility index (Phi) is 9.12. The number of fused-ring (bicyclic) bond motifs is 7. The Morgan fingerprint density at radius 2 is 0.656 bits per heavy atom. The first-order chi connectivity index (χ1) is 31.8. The normalized spacial score (nSPS) is 11.4. The molecule has 64 heavy (non-hydrogen) atoms. The molecular formula is C60H42N4. The Morgan fingerprint density at radius 1 is 0.250 bits per heavy atom. The summed E-state index contributed by atoms with van der Waals surface area (Å²) in [6, 6.07) is 91.6. The summed E-state index contributed by atoms with van der Waals surface area (Å²) in [6.07, 6.45) is 0. The van der Waals surface area contributed by atoms with Gasteiger partial charge in [-0.1, -0.05) is 140 Å². The highest BCUT2D eigenvalue weighted by atomic mass is 15.1. The predicted octanol–water partition coefficient (Wildman–Crippen LogP) is 16.5. The molecule has 2 heterocycles. The molecule has 302 valence electrons. The number of benzene rings is 10.